The quantitative estimate of drug-likeness (QED) is 0.401. The fourth-order valence-electron chi connectivity index (χ4n) is 1.01. The van der Waals surface area contributed by atoms with Crippen molar-refractivity contribution in [2.45, 2.75) is 6.92 Å². The first-order chi connectivity index (χ1) is 7.54. The molecule has 0 aromatic heterocycles. The Bertz CT molecular complexity index is 396. The highest BCUT2D eigenvalue weighted by molar-refractivity contribution is 6.28. The van der Waals surface area contributed by atoms with Crippen molar-refractivity contribution < 1.29 is 14.4 Å². The van der Waals surface area contributed by atoms with Crippen LogP contribution in [-0.4, -0.2) is 42.0 Å². The predicted molar refractivity (Wildman–Crippen MR) is 54.4 cm³/mol. The molecule has 0 aromatic rings. The molecule has 1 atom stereocenters. The van der Waals surface area contributed by atoms with E-state index in [1.807, 2.05) is 5.32 Å². The lowest BCUT2D eigenvalue weighted by Crippen LogP contribution is -2.25. The topological polar surface area (TPSA) is 83.2 Å². The van der Waals surface area contributed by atoms with Gasteiger partial charge in [0.15, 0.2) is 5.78 Å². The highest BCUT2D eigenvalue weighted by Crippen LogP contribution is 2.00. The summed E-state index contributed by atoms with van der Waals surface area (Å²) < 4.78 is 0. The third kappa shape index (κ3) is 2.88. The van der Waals surface area contributed by atoms with Gasteiger partial charge < -0.3 is 4.85 Å². The Labute approximate surface area is 91.9 Å². The summed E-state index contributed by atoms with van der Waals surface area (Å²) >= 11 is 0. The number of carbonyl (C=O) groups excluding carboxylic acids is 3. The summed E-state index contributed by atoms with van der Waals surface area (Å²) in [7, 11) is 0. The number of nitrogens with one attached hydrogen (secondary N) is 1. The molecule has 7 nitrogen and oxygen atoms in total. The van der Waals surface area contributed by atoms with Crippen LogP contribution in [0.4, 0.5) is 4.79 Å². The Morgan fingerprint density at radius 2 is 2.44 bits per heavy atom. The average molecular weight is 222 g/mol. The molecule has 0 bridgehead atoms. The number of hydrogen-bond donors (Lipinski definition) is 1. The maximum absolute atomic E-state index is 11.3. The minimum Gasteiger partial charge on any atom is -0.316 e. The minimum atomic E-state index is -0.646. The van der Waals surface area contributed by atoms with Crippen LogP contribution in [0.1, 0.15) is 6.92 Å². The van der Waals surface area contributed by atoms with Crippen LogP contribution >= 0.6 is 0 Å². The van der Waals surface area contributed by atoms with E-state index in [2.05, 4.69) is 9.95 Å². The molecular formula is C9H10N4O3. The first kappa shape index (κ1) is 11.8. The summed E-state index contributed by atoms with van der Waals surface area (Å²) in [5.74, 6) is -1.26. The second kappa shape index (κ2) is 5.02. The minimum absolute atomic E-state index is 0.0793. The van der Waals surface area contributed by atoms with Crippen LogP contribution in [0.3, 0.4) is 0 Å². The summed E-state index contributed by atoms with van der Waals surface area (Å²) in [5.41, 5.74) is 0. The fraction of sp³-hybridized carbons (Fsp3) is 0.444. The first-order valence-electron chi connectivity index (χ1n) is 4.57. The summed E-state index contributed by atoms with van der Waals surface area (Å²) in [6.07, 6.45) is 0.966. The molecule has 1 fully saturated rings. The SMILES string of the molecule is [C-]#[N+]CC(C)C(=O)/C=N/N1CC(=O)NC1=O. The zero-order valence-electron chi connectivity index (χ0n) is 8.64. The van der Waals surface area contributed by atoms with Gasteiger partial charge in [0, 0.05) is 0 Å². The van der Waals surface area contributed by atoms with Crippen LogP contribution < -0.4 is 5.32 Å². The molecule has 1 N–H and O–H groups in total. The Morgan fingerprint density at radius 3 is 2.94 bits per heavy atom. The molecule has 0 spiro atoms. The Morgan fingerprint density at radius 1 is 1.75 bits per heavy atom. The van der Waals surface area contributed by atoms with Gasteiger partial charge in [0.1, 0.15) is 6.54 Å². The second-order valence-corrected chi connectivity index (χ2v) is 3.30. The van der Waals surface area contributed by atoms with Crippen molar-refractivity contribution in [1.82, 2.24) is 10.3 Å². The number of hydrazone groups is 1. The number of nitrogens with zero attached hydrogens (tertiary/aromatic N) is 3. The van der Waals surface area contributed by atoms with Gasteiger partial charge in [-0.2, -0.15) is 5.10 Å². The van der Waals surface area contributed by atoms with Gasteiger partial charge in [-0.25, -0.2) is 16.4 Å². The zero-order valence-corrected chi connectivity index (χ0v) is 8.64. The van der Waals surface area contributed by atoms with Gasteiger partial charge in [-0.05, 0) is 6.92 Å². The molecule has 0 aliphatic carbocycles. The fourth-order valence-corrected chi connectivity index (χ4v) is 1.01. The molecule has 3 amide bonds. The normalized spacial score (nSPS) is 17.4. The second-order valence-electron chi connectivity index (χ2n) is 3.30. The number of ketones is 1. The van der Waals surface area contributed by atoms with Gasteiger partial charge in [-0.15, -0.1) is 0 Å². The molecule has 0 radical (unpaired) electrons. The first-order valence-corrected chi connectivity index (χ1v) is 4.57. The lowest BCUT2D eigenvalue weighted by atomic mass is 10.1. The Kier molecular flexibility index (Phi) is 3.72. The summed E-state index contributed by atoms with van der Waals surface area (Å²) in [6.45, 7) is 8.09. The van der Waals surface area contributed by atoms with Crippen molar-refractivity contribution in [3.63, 3.8) is 0 Å². The molecule has 7 heteroatoms. The number of carbonyl (C=O) groups is 3. The maximum Gasteiger partial charge on any atom is 0.344 e. The number of urea groups is 1. The zero-order chi connectivity index (χ0) is 12.1. The van der Waals surface area contributed by atoms with E-state index in [1.165, 1.54) is 0 Å². The number of Topliss-reactive ketones (excluding diaryl/α,β-unsaturated/α-hetero) is 1. The van der Waals surface area contributed by atoms with Crippen LogP contribution in [0.2, 0.25) is 0 Å². The van der Waals surface area contributed by atoms with Crippen LogP contribution in [0.15, 0.2) is 5.10 Å². The van der Waals surface area contributed by atoms with Crippen LogP contribution in [-0.2, 0) is 9.59 Å². The molecular weight excluding hydrogens is 212 g/mol. The summed E-state index contributed by atoms with van der Waals surface area (Å²) in [5, 5.41) is 6.47. The molecule has 1 aliphatic heterocycles. The molecule has 0 aromatic carbocycles. The van der Waals surface area contributed by atoms with E-state index >= 15 is 0 Å². The van der Waals surface area contributed by atoms with Gasteiger partial charge in [0.2, 0.25) is 12.5 Å². The highest BCUT2D eigenvalue weighted by Gasteiger charge is 2.26. The van der Waals surface area contributed by atoms with E-state index in [0.29, 0.717) is 0 Å². The van der Waals surface area contributed by atoms with Gasteiger partial charge >= 0.3 is 6.03 Å². The van der Waals surface area contributed by atoms with E-state index in [-0.39, 0.29) is 18.9 Å². The lowest BCUT2D eigenvalue weighted by molar-refractivity contribution is -0.118. The van der Waals surface area contributed by atoms with E-state index in [4.69, 9.17) is 6.57 Å². The third-order valence-corrected chi connectivity index (χ3v) is 1.95. The van der Waals surface area contributed by atoms with Crippen molar-refractivity contribution in [2.75, 3.05) is 13.1 Å². The number of amides is 3. The van der Waals surface area contributed by atoms with E-state index in [0.717, 1.165) is 11.2 Å². The molecule has 1 unspecified atom stereocenters. The smallest absolute Gasteiger partial charge is 0.316 e. The molecule has 0 saturated carbocycles. The number of imide groups is 1. The summed E-state index contributed by atoms with van der Waals surface area (Å²) in [4.78, 5) is 36.2. The monoisotopic (exact) mass is 222 g/mol. The van der Waals surface area contributed by atoms with Crippen LogP contribution in [0.25, 0.3) is 4.85 Å². The van der Waals surface area contributed by atoms with Gasteiger partial charge in [-0.3, -0.25) is 14.9 Å². The molecule has 1 rings (SSSR count). The lowest BCUT2D eigenvalue weighted by Gasteiger charge is -2.04. The molecule has 16 heavy (non-hydrogen) atoms. The van der Waals surface area contributed by atoms with Crippen molar-refractivity contribution in [3.8, 4) is 0 Å². The largest absolute Gasteiger partial charge is 0.344 e. The third-order valence-electron chi connectivity index (χ3n) is 1.95. The Balaban J connectivity index is 2.54. The average Bonchev–Trinajstić information content (AvgIpc) is 2.54. The Hall–Kier alpha value is -2.23. The molecule has 84 valence electrons. The predicted octanol–water partition coefficient (Wildman–Crippen LogP) is -0.352. The van der Waals surface area contributed by atoms with E-state index < -0.39 is 17.9 Å². The van der Waals surface area contributed by atoms with Gasteiger partial charge in [0.05, 0.1) is 12.1 Å². The van der Waals surface area contributed by atoms with Crippen molar-refractivity contribution in [2.24, 2.45) is 11.0 Å². The molecule has 1 aliphatic rings. The van der Waals surface area contributed by atoms with Crippen molar-refractivity contribution in [3.05, 3.63) is 11.4 Å². The highest BCUT2D eigenvalue weighted by atomic mass is 16.2. The van der Waals surface area contributed by atoms with Crippen LogP contribution in [0.5, 0.6) is 0 Å². The van der Waals surface area contributed by atoms with E-state index in [9.17, 15) is 14.4 Å². The molecule has 1 saturated heterocycles. The number of hydrogen-bond acceptors (Lipinski definition) is 4. The maximum atomic E-state index is 11.3. The van der Waals surface area contributed by atoms with Gasteiger partial charge in [-0.1, -0.05) is 0 Å². The van der Waals surface area contributed by atoms with Crippen molar-refractivity contribution in [1.29, 1.82) is 0 Å². The number of rotatable bonds is 4. The van der Waals surface area contributed by atoms with E-state index in [1.54, 1.807) is 6.92 Å². The summed E-state index contributed by atoms with van der Waals surface area (Å²) in [6, 6.07) is -0.646. The standard InChI is InChI=1S/C9H10N4O3/c1-6(3-10-2)7(14)4-11-13-5-8(15)12-9(13)16/h4,6H,3,5H2,1H3,(H,12,15,16)/b11-4+. The van der Waals surface area contributed by atoms with Crippen LogP contribution in [0, 0.1) is 12.5 Å². The van der Waals surface area contributed by atoms with Gasteiger partial charge in [0.25, 0.3) is 0 Å². The van der Waals surface area contributed by atoms with Crippen molar-refractivity contribution >= 4 is 23.9 Å². The molecule has 1 heterocycles.